The van der Waals surface area contributed by atoms with E-state index >= 15 is 0 Å². The molecule has 1 spiro atoms. The molecule has 0 fully saturated rings. The minimum atomic E-state index is -5.40. The monoisotopic (exact) mass is 613 g/mol. The Labute approximate surface area is 243 Å². The third kappa shape index (κ3) is 4.60. The van der Waals surface area contributed by atoms with E-state index in [1.165, 1.54) is 34.3 Å². The Morgan fingerprint density at radius 1 is 1.12 bits per heavy atom. The van der Waals surface area contributed by atoms with Crippen LogP contribution < -0.4 is 24.3 Å². The van der Waals surface area contributed by atoms with Crippen LogP contribution in [0.4, 0.5) is 18.9 Å². The SMILES string of the molecule is CCOC(=O)[C@@](O)(c1ccc(NC2=CC(=O)[C@@]3(Oc4c(Cl)c(OC)cc(OC)c4C3=O)[C@H](C)C2)c(OC)c1)C(F)(F)F. The second-order valence-electron chi connectivity index (χ2n) is 9.57. The normalized spacial score (nSPS) is 21.2. The van der Waals surface area contributed by atoms with Crippen LogP contribution in [0.1, 0.15) is 36.2 Å². The van der Waals surface area contributed by atoms with Gasteiger partial charge < -0.3 is 34.1 Å². The molecule has 0 amide bonds. The number of carbonyl (C=O) groups excluding carboxylic acids is 3. The highest BCUT2D eigenvalue weighted by Gasteiger charge is 2.63. The quantitative estimate of drug-likeness (QED) is 0.322. The Morgan fingerprint density at radius 3 is 2.31 bits per heavy atom. The molecule has 0 saturated heterocycles. The van der Waals surface area contributed by atoms with E-state index in [9.17, 15) is 32.7 Å². The molecule has 2 aliphatic rings. The molecule has 1 aliphatic carbocycles. The van der Waals surface area contributed by atoms with Crippen molar-refractivity contribution in [2.24, 2.45) is 5.92 Å². The van der Waals surface area contributed by atoms with Crippen molar-refractivity contribution in [3.63, 3.8) is 0 Å². The predicted molar refractivity (Wildman–Crippen MR) is 142 cm³/mol. The average Bonchev–Trinajstić information content (AvgIpc) is 3.26. The van der Waals surface area contributed by atoms with Gasteiger partial charge in [-0.1, -0.05) is 24.6 Å². The number of fused-ring (bicyclic) bond motifs is 1. The third-order valence-corrected chi connectivity index (χ3v) is 7.56. The van der Waals surface area contributed by atoms with Crippen LogP contribution in [0.5, 0.6) is 23.0 Å². The number of halogens is 4. The first-order valence-corrected chi connectivity index (χ1v) is 12.9. The van der Waals surface area contributed by atoms with Crippen molar-refractivity contribution in [1.29, 1.82) is 0 Å². The van der Waals surface area contributed by atoms with Gasteiger partial charge in [0.2, 0.25) is 17.2 Å². The lowest BCUT2D eigenvalue weighted by Crippen LogP contribution is -2.55. The Kier molecular flexibility index (Phi) is 8.13. The van der Waals surface area contributed by atoms with Gasteiger partial charge in [0, 0.05) is 29.3 Å². The fraction of sp³-hybridized carbons (Fsp3) is 0.393. The van der Waals surface area contributed by atoms with Gasteiger partial charge in [0.15, 0.2) is 5.75 Å². The number of anilines is 1. The van der Waals surface area contributed by atoms with Crippen molar-refractivity contribution in [1.82, 2.24) is 0 Å². The zero-order chi connectivity index (χ0) is 31.2. The molecule has 0 aromatic heterocycles. The summed E-state index contributed by atoms with van der Waals surface area (Å²) in [5, 5.41) is 13.3. The van der Waals surface area contributed by atoms with Crippen LogP contribution in [0.15, 0.2) is 36.0 Å². The van der Waals surface area contributed by atoms with Gasteiger partial charge in [-0.3, -0.25) is 9.59 Å². The van der Waals surface area contributed by atoms with Crippen molar-refractivity contribution in [2.75, 3.05) is 33.3 Å². The largest absolute Gasteiger partial charge is 0.496 e. The molecule has 1 aliphatic heterocycles. The molecular weight excluding hydrogens is 587 g/mol. The summed E-state index contributed by atoms with van der Waals surface area (Å²) in [5.74, 6) is -3.89. The van der Waals surface area contributed by atoms with E-state index in [1.807, 2.05) is 0 Å². The predicted octanol–water partition coefficient (Wildman–Crippen LogP) is 4.60. The number of Topliss-reactive ketones (excluding diaryl/α,β-unsaturated/α-hetero) is 1. The molecule has 2 N–H and O–H groups in total. The summed E-state index contributed by atoms with van der Waals surface area (Å²) in [6.45, 7) is 2.54. The minimum Gasteiger partial charge on any atom is -0.496 e. The maximum Gasteiger partial charge on any atom is 0.432 e. The summed E-state index contributed by atoms with van der Waals surface area (Å²) in [5.41, 5.74) is -6.30. The van der Waals surface area contributed by atoms with Gasteiger partial charge in [-0.2, -0.15) is 13.2 Å². The van der Waals surface area contributed by atoms with Crippen molar-refractivity contribution in [2.45, 2.75) is 37.6 Å². The molecule has 10 nitrogen and oxygen atoms in total. The van der Waals surface area contributed by atoms with Crippen LogP contribution in [0, 0.1) is 5.92 Å². The first-order valence-electron chi connectivity index (χ1n) is 12.6. The summed E-state index contributed by atoms with van der Waals surface area (Å²) < 4.78 is 67.7. The summed E-state index contributed by atoms with van der Waals surface area (Å²) >= 11 is 6.40. The molecule has 0 radical (unpaired) electrons. The van der Waals surface area contributed by atoms with Crippen LogP contribution in [0.2, 0.25) is 5.02 Å². The van der Waals surface area contributed by atoms with Crippen LogP contribution >= 0.6 is 11.6 Å². The molecule has 0 unspecified atom stereocenters. The van der Waals surface area contributed by atoms with Crippen molar-refractivity contribution in [3.05, 3.63) is 52.2 Å². The summed E-state index contributed by atoms with van der Waals surface area (Å²) in [7, 11) is 3.89. The fourth-order valence-electron chi connectivity index (χ4n) is 5.04. The molecule has 0 bridgehead atoms. The molecule has 14 heteroatoms. The highest BCUT2D eigenvalue weighted by atomic mass is 35.5. The zero-order valence-electron chi connectivity index (χ0n) is 23.1. The molecule has 3 atom stereocenters. The molecule has 2 aromatic rings. The smallest absolute Gasteiger partial charge is 0.432 e. The maximum absolute atomic E-state index is 13.8. The standard InChI is InChI=1S/C28H27ClF3NO9/c1-6-41-25(36)27(37,28(30,31)32)14-7-8-16(17(10-14)38-3)33-15-9-13(2)26(20(34)11-15)24(35)21-18(39-4)12-19(40-5)22(29)23(21)42-26/h7-8,10-13,33,37H,6,9H2,1-5H3/t13-,26+,27+/m1/s1. The lowest BCUT2D eigenvalue weighted by molar-refractivity contribution is -0.267. The van der Waals surface area contributed by atoms with Gasteiger partial charge >= 0.3 is 12.1 Å². The van der Waals surface area contributed by atoms with E-state index in [0.29, 0.717) is 5.70 Å². The summed E-state index contributed by atoms with van der Waals surface area (Å²) in [6, 6.07) is 4.28. The number of ether oxygens (including phenoxy) is 5. The fourth-order valence-corrected chi connectivity index (χ4v) is 5.31. The third-order valence-electron chi connectivity index (χ3n) is 7.21. The van der Waals surface area contributed by atoms with Gasteiger partial charge in [-0.15, -0.1) is 0 Å². The lowest BCUT2D eigenvalue weighted by atomic mass is 9.74. The van der Waals surface area contributed by atoms with Gasteiger partial charge in [0.1, 0.15) is 27.8 Å². The minimum absolute atomic E-state index is 0.00196. The molecule has 4 rings (SSSR count). The number of hydrogen-bond acceptors (Lipinski definition) is 10. The Hall–Kier alpha value is -3.97. The van der Waals surface area contributed by atoms with Crippen molar-refractivity contribution >= 4 is 34.8 Å². The first-order chi connectivity index (χ1) is 19.7. The van der Waals surface area contributed by atoms with Gasteiger partial charge in [0.25, 0.3) is 5.60 Å². The molecule has 2 aromatic carbocycles. The summed E-state index contributed by atoms with van der Waals surface area (Å²) in [6.07, 6.45) is -4.16. The second kappa shape index (κ2) is 11.0. The molecule has 1 heterocycles. The lowest BCUT2D eigenvalue weighted by Gasteiger charge is -2.35. The topological polar surface area (TPSA) is 130 Å². The van der Waals surface area contributed by atoms with Gasteiger partial charge in [-0.25, -0.2) is 4.79 Å². The Morgan fingerprint density at radius 2 is 1.76 bits per heavy atom. The van der Waals surface area contributed by atoms with Crippen LogP contribution in [0.25, 0.3) is 0 Å². The first kappa shape index (κ1) is 31.0. The number of nitrogens with one attached hydrogen (secondary N) is 1. The number of carbonyl (C=O) groups is 3. The second-order valence-corrected chi connectivity index (χ2v) is 9.95. The molecule has 226 valence electrons. The highest BCUT2D eigenvalue weighted by Crippen LogP contribution is 2.53. The number of benzene rings is 2. The molecule has 0 saturated carbocycles. The van der Waals surface area contributed by atoms with E-state index in [1.54, 1.807) is 6.92 Å². The number of methoxy groups -OCH3 is 3. The average molecular weight is 614 g/mol. The number of alkyl halides is 3. The van der Waals surface area contributed by atoms with Crippen molar-refractivity contribution in [3.8, 4) is 23.0 Å². The number of ketones is 2. The molecule has 42 heavy (non-hydrogen) atoms. The number of aliphatic hydroxyl groups is 1. The van der Waals surface area contributed by atoms with Gasteiger partial charge in [-0.05, 0) is 25.5 Å². The number of allylic oxidation sites excluding steroid dienone is 1. The summed E-state index contributed by atoms with van der Waals surface area (Å²) in [4.78, 5) is 39.4. The Bertz CT molecular complexity index is 1490. The number of rotatable bonds is 8. The molecular formula is C28H27ClF3NO9. The van der Waals surface area contributed by atoms with E-state index in [4.69, 9.17) is 30.5 Å². The van der Waals surface area contributed by atoms with E-state index in [2.05, 4.69) is 10.1 Å². The van der Waals surface area contributed by atoms with Crippen LogP contribution in [0.3, 0.4) is 0 Å². The number of esters is 1. The van der Waals surface area contributed by atoms with Crippen LogP contribution in [-0.2, 0) is 19.9 Å². The van der Waals surface area contributed by atoms with E-state index in [-0.39, 0.29) is 52.3 Å². The van der Waals surface area contributed by atoms with Crippen molar-refractivity contribution < 1.29 is 56.3 Å². The Balaban J connectivity index is 1.68. The van der Waals surface area contributed by atoms with Crippen LogP contribution in [-0.4, -0.2) is 62.4 Å². The van der Waals surface area contributed by atoms with E-state index < -0.39 is 46.4 Å². The number of hydrogen-bond donors (Lipinski definition) is 2. The van der Waals surface area contributed by atoms with Gasteiger partial charge in [0.05, 0.1) is 33.6 Å². The zero-order valence-corrected chi connectivity index (χ0v) is 23.9. The van der Waals surface area contributed by atoms with E-state index in [0.717, 1.165) is 24.3 Å². The maximum atomic E-state index is 13.8. The highest BCUT2D eigenvalue weighted by molar-refractivity contribution is 6.36.